The van der Waals surface area contributed by atoms with Gasteiger partial charge in [0.05, 0.1) is 11.1 Å². The molecular formula is C19H30BrN2O+. The van der Waals surface area contributed by atoms with E-state index in [9.17, 15) is 4.79 Å². The maximum Gasteiger partial charge on any atom is 0.251 e. The zero-order valence-corrected chi connectivity index (χ0v) is 17.0. The van der Waals surface area contributed by atoms with Crippen molar-refractivity contribution < 1.29 is 10.1 Å². The SMILES string of the molecule is Cc1c(Br)cc(C(=O)NC2CC(C)(C)[NH2+]C(C)(C)C2)c(C)c1C. The van der Waals surface area contributed by atoms with Crippen molar-refractivity contribution in [2.24, 2.45) is 0 Å². The molecule has 0 aliphatic carbocycles. The normalized spacial score (nSPS) is 20.3. The zero-order chi connectivity index (χ0) is 17.6. The van der Waals surface area contributed by atoms with E-state index in [1.165, 1.54) is 11.1 Å². The molecule has 1 aromatic rings. The number of amides is 1. The monoisotopic (exact) mass is 381 g/mol. The van der Waals surface area contributed by atoms with Crippen LogP contribution < -0.4 is 10.6 Å². The van der Waals surface area contributed by atoms with Crippen molar-refractivity contribution in [2.45, 2.75) is 78.4 Å². The van der Waals surface area contributed by atoms with Crippen molar-refractivity contribution in [2.75, 3.05) is 0 Å². The molecular weight excluding hydrogens is 352 g/mol. The lowest BCUT2D eigenvalue weighted by atomic mass is 9.79. The Labute approximate surface area is 148 Å². The summed E-state index contributed by atoms with van der Waals surface area (Å²) in [6, 6.07) is 2.18. The fourth-order valence-electron chi connectivity index (χ4n) is 4.12. The van der Waals surface area contributed by atoms with Crippen molar-refractivity contribution in [3.8, 4) is 0 Å². The molecule has 1 saturated heterocycles. The molecule has 1 heterocycles. The van der Waals surface area contributed by atoms with Crippen LogP contribution in [0.3, 0.4) is 0 Å². The number of rotatable bonds is 2. The Morgan fingerprint density at radius 1 is 1.09 bits per heavy atom. The summed E-state index contributed by atoms with van der Waals surface area (Å²) in [5.74, 6) is 0.0461. The van der Waals surface area contributed by atoms with Crippen molar-refractivity contribution in [1.29, 1.82) is 0 Å². The van der Waals surface area contributed by atoms with Crippen LogP contribution in [-0.4, -0.2) is 23.0 Å². The molecule has 0 bridgehead atoms. The van der Waals surface area contributed by atoms with E-state index in [4.69, 9.17) is 0 Å². The van der Waals surface area contributed by atoms with Gasteiger partial charge < -0.3 is 10.6 Å². The molecule has 0 saturated carbocycles. The van der Waals surface area contributed by atoms with Gasteiger partial charge in [-0.2, -0.15) is 0 Å². The van der Waals surface area contributed by atoms with E-state index in [1.54, 1.807) is 0 Å². The second kappa shape index (κ2) is 6.21. The maximum absolute atomic E-state index is 12.8. The zero-order valence-electron chi connectivity index (χ0n) is 15.4. The van der Waals surface area contributed by atoms with E-state index in [0.717, 1.165) is 28.4 Å². The molecule has 1 aromatic carbocycles. The molecule has 0 aromatic heterocycles. The third-order valence-electron chi connectivity index (χ3n) is 5.06. The summed E-state index contributed by atoms with van der Waals surface area (Å²) in [5, 5.41) is 5.71. The van der Waals surface area contributed by atoms with E-state index >= 15 is 0 Å². The minimum atomic E-state index is 0.0461. The lowest BCUT2D eigenvalue weighted by Crippen LogP contribution is -3.06. The highest BCUT2D eigenvalue weighted by atomic mass is 79.9. The van der Waals surface area contributed by atoms with Gasteiger partial charge in [-0.15, -0.1) is 0 Å². The van der Waals surface area contributed by atoms with Gasteiger partial charge in [0.1, 0.15) is 0 Å². The van der Waals surface area contributed by atoms with Gasteiger partial charge in [-0.1, -0.05) is 15.9 Å². The Bertz CT molecular complexity index is 619. The van der Waals surface area contributed by atoms with E-state index in [1.807, 2.05) is 13.0 Å². The Kier molecular flexibility index (Phi) is 4.99. The van der Waals surface area contributed by atoms with Crippen LogP contribution in [0.25, 0.3) is 0 Å². The number of carbonyl (C=O) groups is 1. The molecule has 0 spiro atoms. The number of hydrogen-bond donors (Lipinski definition) is 2. The Balaban J connectivity index is 2.23. The molecule has 128 valence electrons. The first-order valence-corrected chi connectivity index (χ1v) is 9.15. The Hall–Kier alpha value is -0.870. The average molecular weight is 382 g/mol. The molecule has 1 aliphatic rings. The minimum absolute atomic E-state index is 0.0461. The lowest BCUT2D eigenvalue weighted by molar-refractivity contribution is -0.787. The van der Waals surface area contributed by atoms with E-state index in [0.29, 0.717) is 0 Å². The highest BCUT2D eigenvalue weighted by molar-refractivity contribution is 9.10. The van der Waals surface area contributed by atoms with E-state index < -0.39 is 0 Å². The summed E-state index contributed by atoms with van der Waals surface area (Å²) in [7, 11) is 0. The minimum Gasteiger partial charge on any atom is -0.349 e. The van der Waals surface area contributed by atoms with Crippen LogP contribution in [0.4, 0.5) is 0 Å². The van der Waals surface area contributed by atoms with Crippen LogP contribution >= 0.6 is 15.9 Å². The summed E-state index contributed by atoms with van der Waals surface area (Å²) >= 11 is 3.58. The number of piperidine rings is 1. The number of carbonyl (C=O) groups excluding carboxylic acids is 1. The number of halogens is 1. The van der Waals surface area contributed by atoms with Crippen molar-refractivity contribution in [3.63, 3.8) is 0 Å². The van der Waals surface area contributed by atoms with Gasteiger partial charge in [0.2, 0.25) is 0 Å². The van der Waals surface area contributed by atoms with Crippen LogP contribution in [0.2, 0.25) is 0 Å². The average Bonchev–Trinajstić information content (AvgIpc) is 2.36. The third-order valence-corrected chi connectivity index (χ3v) is 5.89. The van der Waals surface area contributed by atoms with Gasteiger partial charge in [-0.25, -0.2) is 0 Å². The Morgan fingerprint density at radius 3 is 2.13 bits per heavy atom. The number of nitrogens with one attached hydrogen (secondary N) is 1. The van der Waals surface area contributed by atoms with Crippen molar-refractivity contribution in [3.05, 3.63) is 32.8 Å². The van der Waals surface area contributed by atoms with E-state index in [-0.39, 0.29) is 23.0 Å². The smallest absolute Gasteiger partial charge is 0.251 e. The second-order valence-electron chi connectivity index (χ2n) is 8.48. The van der Waals surface area contributed by atoms with Gasteiger partial charge in [0.25, 0.3) is 5.91 Å². The molecule has 0 atom stereocenters. The molecule has 4 heteroatoms. The predicted molar refractivity (Wildman–Crippen MR) is 98.9 cm³/mol. The maximum atomic E-state index is 12.8. The standard InChI is InChI=1S/C19H29BrN2O/c1-11-12(2)15(8-16(20)13(11)3)17(23)21-14-9-18(4,5)22-19(6,7)10-14/h8,14,22H,9-10H2,1-7H3,(H,21,23)/p+1. The quantitative estimate of drug-likeness (QED) is 0.809. The fraction of sp³-hybridized carbons (Fsp3) is 0.632. The number of hydrogen-bond acceptors (Lipinski definition) is 1. The second-order valence-corrected chi connectivity index (χ2v) is 9.34. The first-order valence-electron chi connectivity index (χ1n) is 8.36. The van der Waals surface area contributed by atoms with Gasteiger partial charge in [0.15, 0.2) is 0 Å². The summed E-state index contributed by atoms with van der Waals surface area (Å²) in [4.78, 5) is 12.8. The Morgan fingerprint density at radius 2 is 1.61 bits per heavy atom. The molecule has 1 aliphatic heterocycles. The third kappa shape index (κ3) is 4.16. The summed E-state index contributed by atoms with van der Waals surface area (Å²) < 4.78 is 1.00. The van der Waals surface area contributed by atoms with Gasteiger partial charge in [-0.3, -0.25) is 4.79 Å². The van der Waals surface area contributed by atoms with Crippen LogP contribution in [0.5, 0.6) is 0 Å². The largest absolute Gasteiger partial charge is 0.349 e. The molecule has 0 unspecified atom stereocenters. The topological polar surface area (TPSA) is 45.7 Å². The summed E-state index contributed by atoms with van der Waals surface area (Å²) in [6.07, 6.45) is 1.99. The molecule has 0 radical (unpaired) electrons. The van der Waals surface area contributed by atoms with Gasteiger partial charge in [0, 0.05) is 28.9 Å². The molecule has 1 amide bonds. The highest BCUT2D eigenvalue weighted by Gasteiger charge is 2.42. The highest BCUT2D eigenvalue weighted by Crippen LogP contribution is 2.27. The molecule has 2 rings (SSSR count). The molecule has 3 nitrogen and oxygen atoms in total. The van der Waals surface area contributed by atoms with Crippen molar-refractivity contribution >= 4 is 21.8 Å². The number of benzene rings is 1. The number of nitrogens with two attached hydrogens (primary N) is 1. The first kappa shape index (κ1) is 18.5. The fourth-order valence-corrected chi connectivity index (χ4v) is 4.65. The van der Waals surface area contributed by atoms with Gasteiger partial charge in [-0.05, 0) is 71.2 Å². The molecule has 23 heavy (non-hydrogen) atoms. The number of quaternary nitrogens is 1. The first-order chi connectivity index (χ1) is 10.4. The molecule has 1 fully saturated rings. The predicted octanol–water partition coefficient (Wildman–Crippen LogP) is 3.39. The van der Waals surface area contributed by atoms with E-state index in [2.05, 4.69) is 68.1 Å². The lowest BCUT2D eigenvalue weighted by Gasteiger charge is -2.43. The van der Waals surface area contributed by atoms with Crippen LogP contribution in [0.1, 0.15) is 67.6 Å². The van der Waals surface area contributed by atoms with Crippen LogP contribution in [0, 0.1) is 20.8 Å². The van der Waals surface area contributed by atoms with Gasteiger partial charge >= 0.3 is 0 Å². The summed E-state index contributed by atoms with van der Waals surface area (Å²) in [5.41, 5.74) is 4.54. The van der Waals surface area contributed by atoms with Crippen LogP contribution in [-0.2, 0) is 0 Å². The summed E-state index contributed by atoms with van der Waals surface area (Å²) in [6.45, 7) is 15.2. The molecule has 3 N–H and O–H groups in total. The van der Waals surface area contributed by atoms with Crippen LogP contribution in [0.15, 0.2) is 10.5 Å². The van der Waals surface area contributed by atoms with Crippen molar-refractivity contribution in [1.82, 2.24) is 5.32 Å².